The summed E-state index contributed by atoms with van der Waals surface area (Å²) in [5.74, 6) is 6.42. The molecule has 0 atom stereocenters. The van der Waals surface area contributed by atoms with E-state index in [0.29, 0.717) is 17.9 Å². The zero-order valence-corrected chi connectivity index (χ0v) is 12.5. The second kappa shape index (κ2) is 8.39. The normalized spacial score (nSPS) is 10.1. The van der Waals surface area contributed by atoms with Gasteiger partial charge >= 0.3 is 0 Å². The molecule has 0 spiro atoms. The largest absolute Gasteiger partial charge is 0.395 e. The van der Waals surface area contributed by atoms with Crippen LogP contribution in [0.25, 0.3) is 0 Å². The molecule has 1 amide bonds. The molecule has 3 nitrogen and oxygen atoms in total. The summed E-state index contributed by atoms with van der Waals surface area (Å²) in [5.41, 5.74) is 1.47. The van der Waals surface area contributed by atoms with Crippen LogP contribution in [0.4, 0.5) is 0 Å². The Morgan fingerprint density at radius 1 is 1.40 bits per heavy atom. The Labute approximate surface area is 121 Å². The standard InChI is InChI=1S/C17H23NO2/c1-14(2)10-11-18(3)17(20)16-9-6-8-15(13-16)7-4-5-12-19/h6,8-9,13-14,19H,5,10-12H2,1-3H3. The molecule has 1 aromatic carbocycles. The van der Waals surface area contributed by atoms with E-state index < -0.39 is 0 Å². The van der Waals surface area contributed by atoms with Gasteiger partial charge in [0.25, 0.3) is 5.91 Å². The maximum absolute atomic E-state index is 12.3. The fourth-order valence-corrected chi connectivity index (χ4v) is 1.72. The first kappa shape index (κ1) is 16.3. The summed E-state index contributed by atoms with van der Waals surface area (Å²) in [5, 5.41) is 8.70. The molecule has 3 heteroatoms. The van der Waals surface area contributed by atoms with Gasteiger partial charge in [0.05, 0.1) is 6.61 Å². The fraction of sp³-hybridized carbons (Fsp3) is 0.471. The van der Waals surface area contributed by atoms with Crippen LogP contribution in [0, 0.1) is 17.8 Å². The van der Waals surface area contributed by atoms with Crippen molar-refractivity contribution in [3.8, 4) is 11.8 Å². The molecule has 0 radical (unpaired) electrons. The van der Waals surface area contributed by atoms with E-state index in [2.05, 4.69) is 25.7 Å². The van der Waals surface area contributed by atoms with Crippen molar-refractivity contribution in [1.82, 2.24) is 4.90 Å². The summed E-state index contributed by atoms with van der Waals surface area (Å²) in [6, 6.07) is 7.33. The fourth-order valence-electron chi connectivity index (χ4n) is 1.72. The lowest BCUT2D eigenvalue weighted by Crippen LogP contribution is -2.28. The first-order valence-corrected chi connectivity index (χ1v) is 7.00. The van der Waals surface area contributed by atoms with Crippen LogP contribution in [-0.2, 0) is 0 Å². The van der Waals surface area contributed by atoms with E-state index in [4.69, 9.17) is 5.11 Å². The van der Waals surface area contributed by atoms with Gasteiger partial charge in [-0.2, -0.15) is 0 Å². The number of carbonyl (C=O) groups is 1. The van der Waals surface area contributed by atoms with Crippen molar-refractivity contribution < 1.29 is 9.90 Å². The second-order valence-corrected chi connectivity index (χ2v) is 5.27. The Kier molecular flexibility index (Phi) is 6.83. The molecule has 0 aromatic heterocycles. The van der Waals surface area contributed by atoms with E-state index in [1.807, 2.05) is 25.2 Å². The molecule has 1 aromatic rings. The van der Waals surface area contributed by atoms with Crippen molar-refractivity contribution >= 4 is 5.91 Å². The molecule has 0 bridgehead atoms. The van der Waals surface area contributed by atoms with E-state index in [0.717, 1.165) is 18.5 Å². The summed E-state index contributed by atoms with van der Waals surface area (Å²) in [6.45, 7) is 5.12. The molecule has 0 aliphatic heterocycles. The Morgan fingerprint density at radius 2 is 2.15 bits per heavy atom. The van der Waals surface area contributed by atoms with Gasteiger partial charge < -0.3 is 10.0 Å². The summed E-state index contributed by atoms with van der Waals surface area (Å²) in [7, 11) is 1.83. The van der Waals surface area contributed by atoms with Crippen molar-refractivity contribution in [2.45, 2.75) is 26.7 Å². The third-order valence-electron chi connectivity index (χ3n) is 2.97. The minimum absolute atomic E-state index is 0.0245. The Morgan fingerprint density at radius 3 is 2.80 bits per heavy atom. The van der Waals surface area contributed by atoms with Gasteiger partial charge in [0.15, 0.2) is 0 Å². The lowest BCUT2D eigenvalue weighted by Gasteiger charge is -2.18. The Hall–Kier alpha value is -1.79. The number of rotatable bonds is 5. The van der Waals surface area contributed by atoms with Crippen LogP contribution >= 0.6 is 0 Å². The van der Waals surface area contributed by atoms with Gasteiger partial charge in [-0.1, -0.05) is 31.8 Å². The average molecular weight is 273 g/mol. The van der Waals surface area contributed by atoms with Crippen LogP contribution in [0.15, 0.2) is 24.3 Å². The smallest absolute Gasteiger partial charge is 0.253 e. The number of hydrogen-bond acceptors (Lipinski definition) is 2. The highest BCUT2D eigenvalue weighted by Gasteiger charge is 2.11. The van der Waals surface area contributed by atoms with Crippen molar-refractivity contribution in [1.29, 1.82) is 0 Å². The molecule has 108 valence electrons. The lowest BCUT2D eigenvalue weighted by molar-refractivity contribution is 0.0789. The Bertz CT molecular complexity index is 497. The SMILES string of the molecule is CC(C)CCN(C)C(=O)c1cccc(C#CCCO)c1. The lowest BCUT2D eigenvalue weighted by atomic mass is 10.1. The van der Waals surface area contributed by atoms with Crippen LogP contribution in [0.3, 0.4) is 0 Å². The molecule has 0 aliphatic rings. The molecular formula is C17H23NO2. The quantitative estimate of drug-likeness (QED) is 0.838. The van der Waals surface area contributed by atoms with Crippen molar-refractivity contribution in [3.63, 3.8) is 0 Å². The van der Waals surface area contributed by atoms with Gasteiger partial charge in [-0.3, -0.25) is 4.79 Å². The summed E-state index contributed by atoms with van der Waals surface area (Å²) >= 11 is 0. The maximum Gasteiger partial charge on any atom is 0.253 e. The van der Waals surface area contributed by atoms with E-state index >= 15 is 0 Å². The molecule has 0 saturated carbocycles. The number of aliphatic hydroxyl groups excluding tert-OH is 1. The summed E-state index contributed by atoms with van der Waals surface area (Å²) in [6.07, 6.45) is 1.45. The van der Waals surface area contributed by atoms with E-state index in [9.17, 15) is 4.79 Å². The molecule has 1 N–H and O–H groups in total. The van der Waals surface area contributed by atoms with Crippen molar-refractivity contribution in [3.05, 3.63) is 35.4 Å². The first-order chi connectivity index (χ1) is 9.54. The van der Waals surface area contributed by atoms with E-state index in [1.54, 1.807) is 11.0 Å². The van der Waals surface area contributed by atoms with E-state index in [-0.39, 0.29) is 12.5 Å². The van der Waals surface area contributed by atoms with Crippen molar-refractivity contribution in [2.75, 3.05) is 20.2 Å². The van der Waals surface area contributed by atoms with Gasteiger partial charge in [0.2, 0.25) is 0 Å². The van der Waals surface area contributed by atoms with E-state index in [1.165, 1.54) is 0 Å². The molecule has 0 heterocycles. The molecule has 0 aliphatic carbocycles. The number of amides is 1. The maximum atomic E-state index is 12.3. The van der Waals surface area contributed by atoms with Crippen LogP contribution in [0.5, 0.6) is 0 Å². The molecule has 0 unspecified atom stereocenters. The van der Waals surface area contributed by atoms with Crippen LogP contribution in [-0.4, -0.2) is 36.1 Å². The number of benzene rings is 1. The summed E-state index contributed by atoms with van der Waals surface area (Å²) in [4.78, 5) is 14.0. The molecule has 1 rings (SSSR count). The third kappa shape index (κ3) is 5.46. The zero-order chi connectivity index (χ0) is 15.0. The highest BCUT2D eigenvalue weighted by atomic mass is 16.2. The van der Waals surface area contributed by atoms with Gasteiger partial charge in [0, 0.05) is 31.1 Å². The van der Waals surface area contributed by atoms with Gasteiger partial charge in [-0.15, -0.1) is 0 Å². The number of hydrogen-bond donors (Lipinski definition) is 1. The van der Waals surface area contributed by atoms with Crippen LogP contribution < -0.4 is 0 Å². The zero-order valence-electron chi connectivity index (χ0n) is 12.5. The highest BCUT2D eigenvalue weighted by molar-refractivity contribution is 5.94. The number of carbonyl (C=O) groups excluding carboxylic acids is 1. The van der Waals surface area contributed by atoms with Crippen LogP contribution in [0.1, 0.15) is 42.6 Å². The van der Waals surface area contributed by atoms with Gasteiger partial charge in [-0.05, 0) is 30.5 Å². The molecule has 0 saturated heterocycles. The average Bonchev–Trinajstić information content (AvgIpc) is 2.44. The Balaban J connectivity index is 2.73. The summed E-state index contributed by atoms with van der Waals surface area (Å²) < 4.78 is 0. The second-order valence-electron chi connectivity index (χ2n) is 5.27. The molecule has 20 heavy (non-hydrogen) atoms. The van der Waals surface area contributed by atoms with Crippen LogP contribution in [0.2, 0.25) is 0 Å². The molecule has 0 fully saturated rings. The number of aliphatic hydroxyl groups is 1. The number of nitrogens with zero attached hydrogens (tertiary/aromatic N) is 1. The molecular weight excluding hydrogens is 250 g/mol. The minimum Gasteiger partial charge on any atom is -0.395 e. The van der Waals surface area contributed by atoms with Gasteiger partial charge in [-0.25, -0.2) is 0 Å². The third-order valence-corrected chi connectivity index (χ3v) is 2.97. The predicted octanol–water partition coefficient (Wildman–Crippen LogP) is 2.54. The predicted molar refractivity (Wildman–Crippen MR) is 81.4 cm³/mol. The monoisotopic (exact) mass is 273 g/mol. The topological polar surface area (TPSA) is 40.5 Å². The van der Waals surface area contributed by atoms with Crippen molar-refractivity contribution in [2.24, 2.45) is 5.92 Å². The minimum atomic E-state index is 0.0245. The van der Waals surface area contributed by atoms with Gasteiger partial charge in [0.1, 0.15) is 0 Å². The first-order valence-electron chi connectivity index (χ1n) is 7.00. The highest BCUT2D eigenvalue weighted by Crippen LogP contribution is 2.09.